The van der Waals surface area contributed by atoms with Crippen LogP contribution < -0.4 is 15.4 Å². The number of aliphatic carboxylic acids is 1. The SMILES string of the molecule is CC1(C)C=CC(C)(C)C[SH](=O)(NC(=O)NCCSSCCNC(=O)CCC(=O)O)C1. The topological polar surface area (TPSA) is 125 Å². The molecule has 0 spiro atoms. The third-order valence-corrected chi connectivity index (χ3v) is 9.92. The zero-order chi connectivity index (χ0) is 22.8. The van der Waals surface area contributed by atoms with Gasteiger partial charge in [0, 0.05) is 42.5 Å². The van der Waals surface area contributed by atoms with E-state index in [2.05, 4.69) is 27.5 Å². The van der Waals surface area contributed by atoms with E-state index in [9.17, 15) is 18.6 Å². The van der Waals surface area contributed by atoms with Gasteiger partial charge in [0.15, 0.2) is 0 Å². The van der Waals surface area contributed by atoms with E-state index >= 15 is 0 Å². The van der Waals surface area contributed by atoms with Crippen molar-refractivity contribution in [2.45, 2.75) is 40.5 Å². The van der Waals surface area contributed by atoms with E-state index in [1.807, 2.05) is 27.7 Å². The van der Waals surface area contributed by atoms with Gasteiger partial charge in [-0.05, 0) is 20.9 Å². The van der Waals surface area contributed by atoms with Crippen LogP contribution in [0.25, 0.3) is 0 Å². The van der Waals surface area contributed by atoms with Gasteiger partial charge in [-0.1, -0.05) is 61.4 Å². The predicted octanol–water partition coefficient (Wildman–Crippen LogP) is 2.20. The quantitative estimate of drug-likeness (QED) is 0.133. The molecule has 1 heterocycles. The first kappa shape index (κ1) is 26.8. The van der Waals surface area contributed by atoms with Crippen molar-refractivity contribution in [1.82, 2.24) is 15.4 Å². The highest BCUT2D eigenvalue weighted by molar-refractivity contribution is 8.76. The number of nitrogens with one attached hydrogen (secondary N) is 3. The van der Waals surface area contributed by atoms with Gasteiger partial charge in [0.2, 0.25) is 5.91 Å². The van der Waals surface area contributed by atoms with Crippen LogP contribution in [-0.4, -0.2) is 63.3 Å². The van der Waals surface area contributed by atoms with Crippen LogP contribution in [0, 0.1) is 10.8 Å². The molecule has 1 aliphatic rings. The molecule has 0 bridgehead atoms. The van der Waals surface area contributed by atoms with Gasteiger partial charge in [0.05, 0.1) is 6.42 Å². The van der Waals surface area contributed by atoms with Crippen LogP contribution in [0.4, 0.5) is 4.79 Å². The minimum Gasteiger partial charge on any atom is -0.481 e. The van der Waals surface area contributed by atoms with Crippen molar-refractivity contribution in [3.63, 3.8) is 0 Å². The number of carbonyl (C=O) groups excluding carboxylic acids is 2. The molecule has 0 aromatic rings. The number of allylic oxidation sites excluding steroid dienone is 2. The van der Waals surface area contributed by atoms with E-state index in [4.69, 9.17) is 5.11 Å². The Morgan fingerprint density at radius 2 is 1.43 bits per heavy atom. The highest BCUT2D eigenvalue weighted by Crippen LogP contribution is 2.34. The Labute approximate surface area is 188 Å². The molecular weight excluding hydrogens is 446 g/mol. The van der Waals surface area contributed by atoms with Crippen LogP contribution in [0.3, 0.4) is 0 Å². The molecule has 0 saturated heterocycles. The summed E-state index contributed by atoms with van der Waals surface area (Å²) in [6.45, 7) is 9.02. The summed E-state index contributed by atoms with van der Waals surface area (Å²) < 4.78 is 16.1. The van der Waals surface area contributed by atoms with Crippen LogP contribution in [0.2, 0.25) is 0 Å². The summed E-state index contributed by atoms with van der Waals surface area (Å²) in [6, 6.07) is -0.400. The molecule has 0 atom stereocenters. The van der Waals surface area contributed by atoms with Crippen molar-refractivity contribution >= 4 is 49.6 Å². The molecule has 0 aliphatic carbocycles. The Bertz CT molecular complexity index is 671. The first-order valence-corrected chi connectivity index (χ1v) is 14.5. The molecular formula is C19H35N3O5S3. The molecule has 1 rings (SSSR count). The van der Waals surface area contributed by atoms with Gasteiger partial charge in [-0.3, -0.25) is 18.5 Å². The number of hydrogen-bond donors (Lipinski definition) is 5. The molecule has 0 fully saturated rings. The third kappa shape index (κ3) is 11.8. The molecule has 174 valence electrons. The van der Waals surface area contributed by atoms with E-state index in [1.54, 1.807) is 21.6 Å². The smallest absolute Gasteiger partial charge is 0.325 e. The van der Waals surface area contributed by atoms with Crippen molar-refractivity contribution in [2.24, 2.45) is 10.8 Å². The zero-order valence-corrected chi connectivity index (χ0v) is 20.7. The summed E-state index contributed by atoms with van der Waals surface area (Å²) in [6.07, 6.45) is 4.00. The van der Waals surface area contributed by atoms with Crippen LogP contribution in [0.15, 0.2) is 12.2 Å². The number of carbonyl (C=O) groups is 3. The third-order valence-electron chi connectivity index (χ3n) is 4.24. The van der Waals surface area contributed by atoms with Crippen molar-refractivity contribution in [1.29, 1.82) is 0 Å². The van der Waals surface area contributed by atoms with Crippen LogP contribution in [0.5, 0.6) is 0 Å². The van der Waals surface area contributed by atoms with Crippen LogP contribution >= 0.6 is 21.6 Å². The monoisotopic (exact) mass is 481 g/mol. The molecule has 3 amide bonds. The molecule has 0 unspecified atom stereocenters. The maximum atomic E-state index is 13.4. The number of carboxylic acid groups (broad SMARTS) is 1. The Morgan fingerprint density at radius 1 is 0.933 bits per heavy atom. The highest BCUT2D eigenvalue weighted by atomic mass is 33.1. The molecule has 1 aliphatic heterocycles. The van der Waals surface area contributed by atoms with E-state index in [0.29, 0.717) is 36.1 Å². The lowest BCUT2D eigenvalue weighted by Crippen LogP contribution is -2.50. The second-order valence-corrected chi connectivity index (χ2v) is 14.1. The number of rotatable bonds is 11. The maximum absolute atomic E-state index is 13.4. The molecule has 4 N–H and O–H groups in total. The number of carboxylic acids is 1. The molecule has 30 heavy (non-hydrogen) atoms. The second kappa shape index (κ2) is 12.0. The molecule has 11 heteroatoms. The zero-order valence-electron chi connectivity index (χ0n) is 18.2. The standard InChI is InChI=1S/C19H35N3O5S3/c1-18(2)7-8-19(3,4)14-30(27,13-18)22-17(26)21-10-12-29-28-11-9-20-15(23)5-6-16(24)25/h7-8,30H,5-6,9-14H2,1-4H3,(H,20,23)(H,24,25)(H2,21,22,26,27). The Morgan fingerprint density at radius 3 is 1.93 bits per heavy atom. The first-order chi connectivity index (χ1) is 13.8. The van der Waals surface area contributed by atoms with Crippen molar-refractivity contribution in [2.75, 3.05) is 36.1 Å². The fraction of sp³-hybridized carbons (Fsp3) is 0.737. The highest BCUT2D eigenvalue weighted by Gasteiger charge is 2.34. The average Bonchev–Trinajstić information content (AvgIpc) is 2.67. The number of urea groups is 1. The fourth-order valence-electron chi connectivity index (χ4n) is 3.10. The van der Waals surface area contributed by atoms with Crippen molar-refractivity contribution in [3.05, 3.63) is 12.2 Å². The van der Waals surface area contributed by atoms with E-state index < -0.39 is 22.1 Å². The summed E-state index contributed by atoms with van der Waals surface area (Å²) in [5.74, 6) is 0.985. The van der Waals surface area contributed by atoms with Gasteiger partial charge >= 0.3 is 12.0 Å². The Hall–Kier alpha value is -1.20. The first-order valence-electron chi connectivity index (χ1n) is 9.90. The maximum Gasteiger partial charge on any atom is 0.325 e. The normalized spacial score (nSPS) is 19.9. The lowest BCUT2D eigenvalue weighted by atomic mass is 9.89. The number of hydrogen-bond acceptors (Lipinski definition) is 6. The average molecular weight is 482 g/mol. The summed E-state index contributed by atoms with van der Waals surface area (Å²) in [5, 5.41) is 13.9. The largest absolute Gasteiger partial charge is 0.481 e. The molecule has 0 aromatic carbocycles. The van der Waals surface area contributed by atoms with Gasteiger partial charge in [0.1, 0.15) is 0 Å². The Balaban J connectivity index is 2.21. The minimum absolute atomic E-state index is 0.0134. The van der Waals surface area contributed by atoms with E-state index in [1.165, 1.54) is 0 Å². The van der Waals surface area contributed by atoms with Crippen molar-refractivity contribution < 1.29 is 23.7 Å². The summed E-state index contributed by atoms with van der Waals surface area (Å²) in [4.78, 5) is 34.0. The van der Waals surface area contributed by atoms with Gasteiger partial charge in [-0.2, -0.15) is 0 Å². The van der Waals surface area contributed by atoms with Gasteiger partial charge in [-0.15, -0.1) is 0 Å². The van der Waals surface area contributed by atoms with Crippen LogP contribution in [-0.2, 0) is 19.7 Å². The molecule has 8 nitrogen and oxygen atoms in total. The van der Waals surface area contributed by atoms with E-state index in [-0.39, 0.29) is 29.6 Å². The summed E-state index contributed by atoms with van der Waals surface area (Å²) in [7, 11) is 0.261. The summed E-state index contributed by atoms with van der Waals surface area (Å²) in [5.41, 5.74) is -0.460. The number of amides is 3. The Kier molecular flexibility index (Phi) is 10.7. The molecule has 0 radical (unpaired) electrons. The molecule has 0 saturated carbocycles. The van der Waals surface area contributed by atoms with Gasteiger partial charge in [-0.25, -0.2) is 4.79 Å². The second-order valence-electron chi connectivity index (χ2n) is 8.77. The minimum atomic E-state index is -2.86. The number of thiol groups is 1. The lowest BCUT2D eigenvalue weighted by molar-refractivity contribution is -0.138. The van der Waals surface area contributed by atoms with Crippen molar-refractivity contribution in [3.8, 4) is 0 Å². The van der Waals surface area contributed by atoms with E-state index in [0.717, 1.165) is 0 Å². The predicted molar refractivity (Wildman–Crippen MR) is 127 cm³/mol. The summed E-state index contributed by atoms with van der Waals surface area (Å²) >= 11 is 0. The molecule has 0 aromatic heterocycles. The fourth-order valence-corrected chi connectivity index (χ4v) is 8.47. The van der Waals surface area contributed by atoms with Gasteiger partial charge in [0.25, 0.3) is 0 Å². The van der Waals surface area contributed by atoms with Gasteiger partial charge < -0.3 is 15.7 Å². The van der Waals surface area contributed by atoms with Crippen LogP contribution in [0.1, 0.15) is 40.5 Å². The lowest BCUT2D eigenvalue weighted by Gasteiger charge is -2.33.